The van der Waals surface area contributed by atoms with Crippen LogP contribution in [-0.4, -0.2) is 47.6 Å². The highest BCUT2D eigenvalue weighted by Gasteiger charge is 2.11. The molecule has 20 heavy (non-hydrogen) atoms. The molecule has 0 atom stereocenters. The minimum absolute atomic E-state index is 0.291. The minimum Gasteiger partial charge on any atom is -0.508 e. The summed E-state index contributed by atoms with van der Waals surface area (Å²) in [7, 11) is 0. The Balaban J connectivity index is 2.51. The number of phenolic OH excluding ortho intramolecular Hbond substituents is 1. The maximum atomic E-state index is 9.91. The van der Waals surface area contributed by atoms with Crippen molar-refractivity contribution >= 4 is 11.6 Å². The Kier molecular flexibility index (Phi) is 7.97. The van der Waals surface area contributed by atoms with E-state index in [4.69, 9.17) is 11.6 Å². The number of hydrogen-bond acceptors (Lipinski definition) is 3. The van der Waals surface area contributed by atoms with Crippen molar-refractivity contribution in [1.82, 2.24) is 9.80 Å². The predicted octanol–water partition coefficient (Wildman–Crippen LogP) is 3.60. The summed E-state index contributed by atoms with van der Waals surface area (Å²) in [6, 6.07) is 5.31. The molecule has 0 radical (unpaired) electrons. The Morgan fingerprint density at radius 1 is 1.00 bits per heavy atom. The van der Waals surface area contributed by atoms with Crippen LogP contribution in [-0.2, 0) is 6.54 Å². The molecule has 0 saturated heterocycles. The van der Waals surface area contributed by atoms with Crippen molar-refractivity contribution in [3.63, 3.8) is 0 Å². The molecule has 1 N–H and O–H groups in total. The van der Waals surface area contributed by atoms with Crippen molar-refractivity contribution in [3.8, 4) is 5.75 Å². The average molecular weight is 299 g/mol. The minimum atomic E-state index is 0.291. The molecular weight excluding hydrogens is 272 g/mol. The Hall–Kier alpha value is -0.770. The van der Waals surface area contributed by atoms with Gasteiger partial charge in [0.2, 0.25) is 0 Å². The lowest BCUT2D eigenvalue weighted by atomic mass is 10.2. The van der Waals surface area contributed by atoms with Crippen LogP contribution in [0, 0.1) is 0 Å². The molecule has 0 saturated carbocycles. The molecule has 0 aliphatic rings. The first-order chi connectivity index (χ1) is 9.62. The molecule has 0 aromatic heterocycles. The van der Waals surface area contributed by atoms with Gasteiger partial charge in [0, 0.05) is 17.1 Å². The van der Waals surface area contributed by atoms with Gasteiger partial charge < -0.3 is 10.0 Å². The molecule has 0 aliphatic carbocycles. The fraction of sp³-hybridized carbons (Fsp3) is 0.625. The quantitative estimate of drug-likeness (QED) is 0.754. The van der Waals surface area contributed by atoms with Gasteiger partial charge in [-0.15, -0.1) is 0 Å². The predicted molar refractivity (Wildman–Crippen MR) is 86.5 cm³/mol. The van der Waals surface area contributed by atoms with Gasteiger partial charge >= 0.3 is 0 Å². The lowest BCUT2D eigenvalue weighted by molar-refractivity contribution is 0.236. The van der Waals surface area contributed by atoms with Crippen molar-refractivity contribution < 1.29 is 5.11 Å². The van der Waals surface area contributed by atoms with E-state index in [0.717, 1.165) is 44.7 Å². The van der Waals surface area contributed by atoms with Crippen molar-refractivity contribution in [2.45, 2.75) is 33.7 Å². The third-order valence-corrected chi connectivity index (χ3v) is 4.12. The number of rotatable bonds is 9. The molecule has 0 spiro atoms. The fourth-order valence-corrected chi connectivity index (χ4v) is 2.56. The molecule has 0 bridgehead atoms. The van der Waals surface area contributed by atoms with E-state index in [0.29, 0.717) is 17.3 Å². The van der Waals surface area contributed by atoms with E-state index in [1.807, 2.05) is 6.07 Å². The lowest BCUT2D eigenvalue weighted by Gasteiger charge is -2.24. The Morgan fingerprint density at radius 3 is 2.15 bits per heavy atom. The molecule has 0 fully saturated rings. The van der Waals surface area contributed by atoms with Gasteiger partial charge in [0.15, 0.2) is 0 Å². The maximum Gasteiger partial charge on any atom is 0.121 e. The highest BCUT2D eigenvalue weighted by molar-refractivity contribution is 6.31. The summed E-state index contributed by atoms with van der Waals surface area (Å²) in [4.78, 5) is 4.76. The zero-order valence-corrected chi connectivity index (χ0v) is 13.7. The van der Waals surface area contributed by atoms with Crippen molar-refractivity contribution in [2.75, 3.05) is 32.7 Å². The lowest BCUT2D eigenvalue weighted by Crippen LogP contribution is -2.29. The second kappa shape index (κ2) is 9.22. The van der Waals surface area contributed by atoms with Gasteiger partial charge in [-0.25, -0.2) is 0 Å². The molecule has 0 aliphatic heterocycles. The third kappa shape index (κ3) is 5.31. The number of hydrogen-bond donors (Lipinski definition) is 1. The topological polar surface area (TPSA) is 26.7 Å². The highest BCUT2D eigenvalue weighted by atomic mass is 35.5. The average Bonchev–Trinajstić information content (AvgIpc) is 2.45. The largest absolute Gasteiger partial charge is 0.508 e. The number of phenols is 1. The smallest absolute Gasteiger partial charge is 0.121 e. The normalized spacial score (nSPS) is 11.5. The van der Waals surface area contributed by atoms with Crippen LogP contribution in [0.25, 0.3) is 0 Å². The number of nitrogens with zero attached hydrogens (tertiary/aromatic N) is 2. The maximum absolute atomic E-state index is 9.91. The molecule has 1 aromatic rings. The fourth-order valence-electron chi connectivity index (χ4n) is 2.33. The number of halogens is 1. The van der Waals surface area contributed by atoms with Crippen LogP contribution in [0.3, 0.4) is 0 Å². The van der Waals surface area contributed by atoms with Crippen LogP contribution in [0.15, 0.2) is 18.2 Å². The van der Waals surface area contributed by atoms with Crippen LogP contribution in [0.5, 0.6) is 5.75 Å². The van der Waals surface area contributed by atoms with Crippen LogP contribution in [0.2, 0.25) is 5.02 Å². The van der Waals surface area contributed by atoms with Crippen molar-refractivity contribution in [1.29, 1.82) is 0 Å². The third-order valence-electron chi connectivity index (χ3n) is 3.77. The van der Waals surface area contributed by atoms with E-state index in [1.165, 1.54) is 0 Å². The molecule has 4 heteroatoms. The Labute approximate surface area is 128 Å². The molecule has 1 aromatic carbocycles. The summed E-state index contributed by atoms with van der Waals surface area (Å²) in [5.41, 5.74) is 0.832. The number of aromatic hydroxyl groups is 1. The first-order valence-corrected chi connectivity index (χ1v) is 7.91. The van der Waals surface area contributed by atoms with Gasteiger partial charge in [-0.05, 0) is 51.3 Å². The van der Waals surface area contributed by atoms with E-state index >= 15 is 0 Å². The summed E-state index contributed by atoms with van der Waals surface area (Å²) in [5.74, 6) is 0.291. The standard InChI is InChI=1S/C16H27ClN2O/c1-4-18(5-2)11-8-12-19(6-3)13-14-15(17)9-7-10-16(14)20/h7,9-10,20H,4-6,8,11-13H2,1-3H3. The van der Waals surface area contributed by atoms with E-state index in [9.17, 15) is 5.11 Å². The van der Waals surface area contributed by atoms with Gasteiger partial charge in [-0.1, -0.05) is 38.4 Å². The summed E-state index contributed by atoms with van der Waals surface area (Å²) in [6.07, 6.45) is 1.14. The summed E-state index contributed by atoms with van der Waals surface area (Å²) >= 11 is 6.17. The molecule has 0 heterocycles. The van der Waals surface area contributed by atoms with E-state index < -0.39 is 0 Å². The molecule has 3 nitrogen and oxygen atoms in total. The number of benzene rings is 1. The van der Waals surface area contributed by atoms with Gasteiger partial charge in [0.05, 0.1) is 0 Å². The molecular formula is C16H27ClN2O. The Bertz CT molecular complexity index is 374. The molecule has 1 rings (SSSR count). The first-order valence-electron chi connectivity index (χ1n) is 7.53. The monoisotopic (exact) mass is 298 g/mol. The second-order valence-electron chi connectivity index (χ2n) is 4.99. The highest BCUT2D eigenvalue weighted by Crippen LogP contribution is 2.26. The van der Waals surface area contributed by atoms with Gasteiger partial charge in [0.1, 0.15) is 5.75 Å². The van der Waals surface area contributed by atoms with Crippen LogP contribution >= 0.6 is 11.6 Å². The Morgan fingerprint density at radius 2 is 1.60 bits per heavy atom. The van der Waals surface area contributed by atoms with Crippen molar-refractivity contribution in [3.05, 3.63) is 28.8 Å². The second-order valence-corrected chi connectivity index (χ2v) is 5.39. The van der Waals surface area contributed by atoms with Gasteiger partial charge in [-0.3, -0.25) is 4.90 Å². The van der Waals surface area contributed by atoms with E-state index in [-0.39, 0.29) is 0 Å². The molecule has 114 valence electrons. The molecule has 0 amide bonds. The van der Waals surface area contributed by atoms with E-state index in [1.54, 1.807) is 12.1 Å². The van der Waals surface area contributed by atoms with Crippen LogP contribution in [0.4, 0.5) is 0 Å². The summed E-state index contributed by atoms with van der Waals surface area (Å²) in [6.45, 7) is 12.6. The SMILES string of the molecule is CCN(CC)CCCN(CC)Cc1c(O)cccc1Cl. The van der Waals surface area contributed by atoms with Crippen LogP contribution in [0.1, 0.15) is 32.8 Å². The summed E-state index contributed by atoms with van der Waals surface area (Å²) < 4.78 is 0. The zero-order valence-electron chi connectivity index (χ0n) is 12.9. The molecule has 0 unspecified atom stereocenters. The first kappa shape index (κ1) is 17.3. The van der Waals surface area contributed by atoms with Gasteiger partial charge in [0.25, 0.3) is 0 Å². The summed E-state index contributed by atoms with van der Waals surface area (Å²) in [5, 5.41) is 10.6. The van der Waals surface area contributed by atoms with Gasteiger partial charge in [-0.2, -0.15) is 0 Å². The van der Waals surface area contributed by atoms with Crippen molar-refractivity contribution in [2.24, 2.45) is 0 Å². The van der Waals surface area contributed by atoms with E-state index in [2.05, 4.69) is 30.6 Å². The zero-order chi connectivity index (χ0) is 15.0. The van der Waals surface area contributed by atoms with Crippen LogP contribution < -0.4 is 0 Å².